The highest BCUT2D eigenvalue weighted by Gasteiger charge is 2.14. The van der Waals surface area contributed by atoms with Crippen LogP contribution >= 0.6 is 0 Å². The first-order chi connectivity index (χ1) is 7.43. The molecule has 0 aliphatic rings. The molecule has 1 aromatic carbocycles. The van der Waals surface area contributed by atoms with Crippen molar-refractivity contribution in [1.29, 1.82) is 0 Å². The average Bonchev–Trinajstić information content (AvgIpc) is 2.27. The molecule has 0 radical (unpaired) electrons. The van der Waals surface area contributed by atoms with E-state index in [-0.39, 0.29) is 11.4 Å². The van der Waals surface area contributed by atoms with E-state index in [1.807, 2.05) is 24.3 Å². The molecule has 1 rings (SSSR count). The van der Waals surface area contributed by atoms with Crippen LogP contribution in [0, 0.1) is 0 Å². The fourth-order valence-corrected chi connectivity index (χ4v) is 1.46. The highest BCUT2D eigenvalue weighted by Crippen LogP contribution is 2.23. The molecule has 16 heavy (non-hydrogen) atoms. The first kappa shape index (κ1) is 12.7. The van der Waals surface area contributed by atoms with Crippen molar-refractivity contribution >= 4 is 5.78 Å². The molecule has 0 saturated carbocycles. The largest absolute Gasteiger partial charge is 0.384 e. The third-order valence-corrected chi connectivity index (χ3v) is 2.70. The molecule has 0 heterocycles. The van der Waals surface area contributed by atoms with Crippen LogP contribution < -0.4 is 0 Å². The van der Waals surface area contributed by atoms with Gasteiger partial charge in [-0.25, -0.2) is 0 Å². The fourth-order valence-electron chi connectivity index (χ4n) is 1.46. The molecular weight excluding hydrogens is 200 g/mol. The van der Waals surface area contributed by atoms with Gasteiger partial charge in [-0.3, -0.25) is 4.79 Å². The maximum Gasteiger partial charge on any atom is 0.158 e. The van der Waals surface area contributed by atoms with E-state index < -0.39 is 6.10 Å². The number of Topliss-reactive ketones (excluding diaryl/α,β-unsaturated/α-hetero) is 1. The number of carbonyl (C=O) groups excluding carboxylic acids is 1. The summed E-state index contributed by atoms with van der Waals surface area (Å²) in [5, 5.41) is 9.87. The van der Waals surface area contributed by atoms with Gasteiger partial charge in [0.15, 0.2) is 5.78 Å². The smallest absolute Gasteiger partial charge is 0.158 e. The average molecular weight is 218 g/mol. The van der Waals surface area contributed by atoms with Gasteiger partial charge in [0.2, 0.25) is 0 Å². The Labute approximate surface area is 96.6 Å². The van der Waals surface area contributed by atoms with Gasteiger partial charge in [-0.15, -0.1) is 0 Å². The van der Waals surface area contributed by atoms with Gasteiger partial charge in [0.25, 0.3) is 0 Å². The number of hydrogen-bond acceptors (Lipinski definition) is 2. The topological polar surface area (TPSA) is 37.3 Å². The van der Waals surface area contributed by atoms with Crippen molar-refractivity contribution in [2.75, 3.05) is 0 Å². The zero-order valence-electron chi connectivity index (χ0n) is 10.0. The van der Waals surface area contributed by atoms with E-state index in [0.29, 0.717) is 11.5 Å². The van der Waals surface area contributed by atoms with Crippen molar-refractivity contribution in [3.8, 4) is 0 Å². The number of benzene rings is 1. The first-order valence-electron chi connectivity index (χ1n) is 5.41. The van der Waals surface area contributed by atoms with Crippen molar-refractivity contribution < 1.29 is 9.90 Å². The molecule has 86 valence electrons. The lowest BCUT2D eigenvalue weighted by atomic mass is 9.96. The van der Waals surface area contributed by atoms with Crippen LogP contribution in [0.25, 0.3) is 0 Å². The van der Waals surface area contributed by atoms with E-state index >= 15 is 0 Å². The molecule has 0 saturated heterocycles. The zero-order valence-corrected chi connectivity index (χ0v) is 10.0. The van der Waals surface area contributed by atoms with Gasteiger partial charge < -0.3 is 5.11 Å². The maximum atomic E-state index is 11.1. The van der Waals surface area contributed by atoms with Gasteiger partial charge in [0.05, 0.1) is 0 Å². The molecule has 0 spiro atoms. The van der Waals surface area contributed by atoms with Crippen molar-refractivity contribution in [2.24, 2.45) is 0 Å². The lowest BCUT2D eigenvalue weighted by Gasteiger charge is -2.13. The highest BCUT2D eigenvalue weighted by atomic mass is 16.3. The Balaban J connectivity index is 2.89. The van der Waals surface area contributed by atoms with Crippen molar-refractivity contribution in [3.63, 3.8) is 0 Å². The molecule has 0 bridgehead atoms. The molecule has 2 nitrogen and oxygen atoms in total. The Hall–Kier alpha value is -1.41. The number of rotatable bonds is 4. The number of aliphatic hydroxyl groups excluding tert-OH is 1. The summed E-state index contributed by atoms with van der Waals surface area (Å²) in [5.41, 5.74) is 2.16. The van der Waals surface area contributed by atoms with Gasteiger partial charge in [-0.1, -0.05) is 44.7 Å². The van der Waals surface area contributed by atoms with Crippen LogP contribution in [0.5, 0.6) is 0 Å². The van der Waals surface area contributed by atoms with Gasteiger partial charge in [0, 0.05) is 5.57 Å². The van der Waals surface area contributed by atoms with Crippen LogP contribution in [0.4, 0.5) is 0 Å². The molecule has 0 aromatic heterocycles. The third-order valence-electron chi connectivity index (χ3n) is 2.70. The predicted molar refractivity (Wildman–Crippen MR) is 65.3 cm³/mol. The van der Waals surface area contributed by atoms with Crippen molar-refractivity contribution in [2.45, 2.75) is 32.8 Å². The molecular formula is C14H18O2. The molecule has 1 aromatic rings. The second kappa shape index (κ2) is 5.08. The molecule has 2 heteroatoms. The molecule has 1 unspecified atom stereocenters. The summed E-state index contributed by atoms with van der Waals surface area (Å²) < 4.78 is 0. The second-order valence-electron chi connectivity index (χ2n) is 4.31. The molecule has 0 aliphatic heterocycles. The van der Waals surface area contributed by atoms with Crippen LogP contribution in [-0.2, 0) is 4.79 Å². The van der Waals surface area contributed by atoms with Gasteiger partial charge in [-0.2, -0.15) is 0 Å². The Morgan fingerprint density at radius 2 is 1.62 bits per heavy atom. The fraction of sp³-hybridized carbons (Fsp3) is 0.357. The minimum absolute atomic E-state index is 0.180. The minimum atomic E-state index is -0.890. The normalized spacial score (nSPS) is 12.6. The van der Waals surface area contributed by atoms with Crippen LogP contribution in [0.2, 0.25) is 0 Å². The van der Waals surface area contributed by atoms with E-state index in [0.717, 1.165) is 0 Å². The Morgan fingerprint density at radius 3 is 2.00 bits per heavy atom. The molecule has 0 fully saturated rings. The number of ketones is 1. The number of hydrogen-bond donors (Lipinski definition) is 1. The van der Waals surface area contributed by atoms with Crippen LogP contribution in [0.3, 0.4) is 0 Å². The number of aliphatic hydroxyl groups is 1. The summed E-state index contributed by atoms with van der Waals surface area (Å²) >= 11 is 0. The molecule has 1 atom stereocenters. The predicted octanol–water partition coefficient (Wildman–Crippen LogP) is 2.99. The van der Waals surface area contributed by atoms with E-state index in [1.165, 1.54) is 12.5 Å². The van der Waals surface area contributed by atoms with Gasteiger partial charge in [-0.05, 0) is 24.0 Å². The Kier molecular flexibility index (Phi) is 4.02. The van der Waals surface area contributed by atoms with E-state index in [2.05, 4.69) is 20.4 Å². The summed E-state index contributed by atoms with van der Waals surface area (Å²) in [4.78, 5) is 11.1. The van der Waals surface area contributed by atoms with Crippen molar-refractivity contribution in [1.82, 2.24) is 0 Å². The maximum absolute atomic E-state index is 11.1. The van der Waals surface area contributed by atoms with Crippen LogP contribution in [0.1, 0.15) is 43.9 Å². The van der Waals surface area contributed by atoms with Gasteiger partial charge in [0.1, 0.15) is 6.10 Å². The van der Waals surface area contributed by atoms with Crippen LogP contribution in [-0.4, -0.2) is 10.9 Å². The third kappa shape index (κ3) is 2.80. The number of carbonyl (C=O) groups is 1. The lowest BCUT2D eigenvalue weighted by molar-refractivity contribution is -0.114. The molecule has 1 N–H and O–H groups in total. The monoisotopic (exact) mass is 218 g/mol. The van der Waals surface area contributed by atoms with Crippen LogP contribution in [0.15, 0.2) is 36.4 Å². The quantitative estimate of drug-likeness (QED) is 0.789. The standard InChI is InChI=1S/C14H18O2/c1-9(2)12-5-7-13(8-6-12)14(16)10(3)11(4)15/h5-9,14,16H,3H2,1-2,4H3. The summed E-state index contributed by atoms with van der Waals surface area (Å²) in [6.07, 6.45) is -0.890. The summed E-state index contributed by atoms with van der Waals surface area (Å²) in [7, 11) is 0. The second-order valence-corrected chi connectivity index (χ2v) is 4.31. The molecule has 0 aliphatic carbocycles. The lowest BCUT2D eigenvalue weighted by Crippen LogP contribution is -2.07. The van der Waals surface area contributed by atoms with Crippen molar-refractivity contribution in [3.05, 3.63) is 47.5 Å². The Morgan fingerprint density at radius 1 is 1.19 bits per heavy atom. The van der Waals surface area contributed by atoms with Gasteiger partial charge >= 0.3 is 0 Å². The van der Waals surface area contributed by atoms with E-state index in [1.54, 1.807) is 0 Å². The molecule has 0 amide bonds. The van der Waals surface area contributed by atoms with E-state index in [9.17, 15) is 9.90 Å². The first-order valence-corrected chi connectivity index (χ1v) is 5.41. The Bertz CT molecular complexity index is 388. The highest BCUT2D eigenvalue weighted by molar-refractivity contribution is 5.93. The zero-order chi connectivity index (χ0) is 12.3. The summed E-state index contributed by atoms with van der Waals surface area (Å²) in [5.74, 6) is 0.280. The summed E-state index contributed by atoms with van der Waals surface area (Å²) in [6.45, 7) is 9.22. The van der Waals surface area contributed by atoms with E-state index in [4.69, 9.17) is 0 Å². The minimum Gasteiger partial charge on any atom is -0.384 e. The summed E-state index contributed by atoms with van der Waals surface area (Å²) in [6, 6.07) is 7.62. The SMILES string of the molecule is C=C(C(C)=O)C(O)c1ccc(C(C)C)cc1.